The molecule has 0 saturated heterocycles. The molecular weight excluding hydrogens is 210 g/mol. The van der Waals surface area contributed by atoms with E-state index in [1.165, 1.54) is 24.8 Å². The maximum absolute atomic E-state index is 5.24. The van der Waals surface area contributed by atoms with Crippen LogP contribution in [0, 0.1) is 0 Å². The molecule has 0 aliphatic heterocycles. The fourth-order valence-electron chi connectivity index (χ4n) is 2.20. The highest BCUT2D eigenvalue weighted by Gasteiger charge is 2.22. The summed E-state index contributed by atoms with van der Waals surface area (Å²) in [7, 11) is 1.71. The monoisotopic (exact) mass is 235 g/mol. The van der Waals surface area contributed by atoms with Crippen LogP contribution < -0.4 is 10.1 Å². The molecule has 96 valence electrons. The summed E-state index contributed by atoms with van der Waals surface area (Å²) in [4.78, 5) is 0. The fraction of sp³-hybridized carbons (Fsp3) is 0.600. The summed E-state index contributed by atoms with van der Waals surface area (Å²) >= 11 is 0. The maximum atomic E-state index is 5.24. The van der Waals surface area contributed by atoms with Gasteiger partial charge in [-0.05, 0) is 37.0 Å². The van der Waals surface area contributed by atoms with Gasteiger partial charge in [-0.15, -0.1) is 0 Å². The minimum absolute atomic E-state index is 0.281. The normalized spacial score (nSPS) is 11.5. The molecule has 1 aromatic rings. The number of nitrogens with one attached hydrogen (secondary N) is 1. The van der Waals surface area contributed by atoms with Gasteiger partial charge in [0.1, 0.15) is 5.75 Å². The van der Waals surface area contributed by atoms with E-state index in [1.54, 1.807) is 7.11 Å². The molecule has 2 nitrogen and oxygen atoms in total. The summed E-state index contributed by atoms with van der Waals surface area (Å²) in [5.41, 5.74) is 1.56. The lowest BCUT2D eigenvalue weighted by molar-refractivity contribution is 0.288. The highest BCUT2D eigenvalue weighted by Crippen LogP contribution is 2.20. The van der Waals surface area contributed by atoms with Crippen molar-refractivity contribution in [2.24, 2.45) is 0 Å². The van der Waals surface area contributed by atoms with Crippen molar-refractivity contribution in [1.29, 1.82) is 0 Å². The molecule has 0 bridgehead atoms. The van der Waals surface area contributed by atoms with Crippen LogP contribution in [0.2, 0.25) is 0 Å². The third-order valence-electron chi connectivity index (χ3n) is 3.83. The van der Waals surface area contributed by atoms with Gasteiger partial charge in [0.15, 0.2) is 0 Å². The van der Waals surface area contributed by atoms with Crippen molar-refractivity contribution in [3.8, 4) is 5.75 Å². The number of ether oxygens (including phenoxy) is 1. The Morgan fingerprint density at radius 2 is 1.76 bits per heavy atom. The van der Waals surface area contributed by atoms with E-state index in [-0.39, 0.29) is 5.54 Å². The Kier molecular flexibility index (Phi) is 5.49. The zero-order chi connectivity index (χ0) is 12.7. The Morgan fingerprint density at radius 1 is 1.12 bits per heavy atom. The van der Waals surface area contributed by atoms with Crippen LogP contribution in [0.5, 0.6) is 5.75 Å². The van der Waals surface area contributed by atoms with Crippen molar-refractivity contribution in [1.82, 2.24) is 5.32 Å². The Bertz CT molecular complexity index is 323. The highest BCUT2D eigenvalue weighted by molar-refractivity contribution is 5.28. The minimum Gasteiger partial charge on any atom is -0.497 e. The summed E-state index contributed by atoms with van der Waals surface area (Å²) in [6.45, 7) is 7.68. The van der Waals surface area contributed by atoms with Gasteiger partial charge in [-0.3, -0.25) is 0 Å². The summed E-state index contributed by atoms with van der Waals surface area (Å²) in [6, 6.07) is 8.26. The van der Waals surface area contributed by atoms with E-state index in [0.29, 0.717) is 0 Å². The van der Waals surface area contributed by atoms with E-state index >= 15 is 0 Å². The van der Waals surface area contributed by atoms with Gasteiger partial charge in [0.25, 0.3) is 0 Å². The van der Waals surface area contributed by atoms with E-state index in [1.807, 2.05) is 12.1 Å². The molecule has 17 heavy (non-hydrogen) atoms. The molecule has 0 saturated carbocycles. The molecule has 1 aromatic carbocycles. The second-order valence-electron chi connectivity index (χ2n) is 4.55. The van der Waals surface area contributed by atoms with Crippen LogP contribution in [0.3, 0.4) is 0 Å². The third-order valence-corrected chi connectivity index (χ3v) is 3.83. The lowest BCUT2D eigenvalue weighted by Gasteiger charge is -2.32. The van der Waals surface area contributed by atoms with Crippen LogP contribution in [0.15, 0.2) is 24.3 Å². The van der Waals surface area contributed by atoms with Crippen LogP contribution in [-0.4, -0.2) is 12.6 Å². The number of benzene rings is 1. The Morgan fingerprint density at radius 3 is 2.29 bits per heavy atom. The summed E-state index contributed by atoms with van der Waals surface area (Å²) < 4.78 is 5.24. The van der Waals surface area contributed by atoms with Crippen LogP contribution in [0.4, 0.5) is 0 Å². The molecule has 1 rings (SSSR count). The van der Waals surface area contributed by atoms with Crippen molar-refractivity contribution >= 4 is 0 Å². The second-order valence-corrected chi connectivity index (χ2v) is 4.55. The predicted octanol–water partition coefficient (Wildman–Crippen LogP) is 3.75. The number of hydrogen-bond donors (Lipinski definition) is 1. The molecule has 0 aliphatic rings. The van der Waals surface area contributed by atoms with Gasteiger partial charge in [0, 0.05) is 12.1 Å². The van der Waals surface area contributed by atoms with Gasteiger partial charge in [-0.2, -0.15) is 0 Å². The van der Waals surface area contributed by atoms with Crippen LogP contribution in [0.25, 0.3) is 0 Å². The van der Waals surface area contributed by atoms with Crippen molar-refractivity contribution in [3.63, 3.8) is 0 Å². The number of rotatable bonds is 7. The van der Waals surface area contributed by atoms with Crippen molar-refractivity contribution in [3.05, 3.63) is 29.8 Å². The van der Waals surface area contributed by atoms with Crippen molar-refractivity contribution in [2.45, 2.75) is 52.1 Å². The van der Waals surface area contributed by atoms with Gasteiger partial charge in [-0.25, -0.2) is 0 Å². The molecule has 0 fully saturated rings. The van der Waals surface area contributed by atoms with Gasteiger partial charge in [0.2, 0.25) is 0 Å². The van der Waals surface area contributed by atoms with E-state index < -0.39 is 0 Å². The average molecular weight is 235 g/mol. The smallest absolute Gasteiger partial charge is 0.119 e. The molecule has 0 atom stereocenters. The molecule has 1 N–H and O–H groups in total. The lowest BCUT2D eigenvalue weighted by atomic mass is 9.89. The molecule has 2 heteroatoms. The Labute approximate surface area is 105 Å². The zero-order valence-electron chi connectivity index (χ0n) is 11.5. The largest absolute Gasteiger partial charge is 0.497 e. The van der Waals surface area contributed by atoms with Crippen molar-refractivity contribution in [2.75, 3.05) is 7.11 Å². The molecule has 0 heterocycles. The summed E-state index contributed by atoms with van der Waals surface area (Å²) in [5.74, 6) is 0.930. The molecule has 0 radical (unpaired) electrons. The number of methoxy groups -OCH3 is 1. The van der Waals surface area contributed by atoms with Gasteiger partial charge < -0.3 is 10.1 Å². The third kappa shape index (κ3) is 3.74. The lowest BCUT2D eigenvalue weighted by Crippen LogP contribution is -2.43. The second kappa shape index (κ2) is 6.65. The van der Waals surface area contributed by atoms with E-state index in [4.69, 9.17) is 4.74 Å². The first-order valence-corrected chi connectivity index (χ1v) is 6.57. The average Bonchev–Trinajstić information content (AvgIpc) is 2.41. The first kappa shape index (κ1) is 14.0. The maximum Gasteiger partial charge on any atom is 0.119 e. The molecule has 0 amide bonds. The molecule has 0 spiro atoms. The predicted molar refractivity (Wildman–Crippen MR) is 73.4 cm³/mol. The van der Waals surface area contributed by atoms with E-state index in [2.05, 4.69) is 38.2 Å². The first-order chi connectivity index (χ1) is 8.19. The zero-order valence-corrected chi connectivity index (χ0v) is 11.5. The fourth-order valence-corrected chi connectivity index (χ4v) is 2.20. The van der Waals surface area contributed by atoms with Crippen LogP contribution in [0.1, 0.15) is 45.6 Å². The molecule has 0 aromatic heterocycles. The topological polar surface area (TPSA) is 21.3 Å². The quantitative estimate of drug-likeness (QED) is 0.777. The van der Waals surface area contributed by atoms with Gasteiger partial charge >= 0.3 is 0 Å². The number of hydrogen-bond acceptors (Lipinski definition) is 2. The molecule has 0 unspecified atom stereocenters. The van der Waals surface area contributed by atoms with Crippen LogP contribution >= 0.6 is 0 Å². The first-order valence-electron chi connectivity index (χ1n) is 6.57. The van der Waals surface area contributed by atoms with E-state index in [0.717, 1.165) is 12.3 Å². The van der Waals surface area contributed by atoms with Crippen LogP contribution in [-0.2, 0) is 6.54 Å². The van der Waals surface area contributed by atoms with Gasteiger partial charge in [-0.1, -0.05) is 32.9 Å². The SMILES string of the molecule is CCC(CC)(CC)NCc1cccc(OC)c1. The van der Waals surface area contributed by atoms with Crippen molar-refractivity contribution < 1.29 is 4.74 Å². The Balaban J connectivity index is 2.65. The standard InChI is InChI=1S/C15H25NO/c1-5-15(6-2,7-3)16-12-13-9-8-10-14(11-13)17-4/h8-11,16H,5-7,12H2,1-4H3. The highest BCUT2D eigenvalue weighted by atomic mass is 16.5. The minimum atomic E-state index is 0.281. The van der Waals surface area contributed by atoms with E-state index in [9.17, 15) is 0 Å². The molecule has 0 aliphatic carbocycles. The summed E-state index contributed by atoms with van der Waals surface area (Å²) in [5, 5.41) is 3.69. The summed E-state index contributed by atoms with van der Waals surface area (Å²) in [6.07, 6.45) is 3.51. The molecular formula is C15H25NO. The Hall–Kier alpha value is -1.02. The van der Waals surface area contributed by atoms with Gasteiger partial charge in [0.05, 0.1) is 7.11 Å².